The Bertz CT molecular complexity index is 1110. The predicted molar refractivity (Wildman–Crippen MR) is 139 cm³/mol. The first-order valence-electron chi connectivity index (χ1n) is 12.2. The Morgan fingerprint density at radius 3 is 2.37 bits per heavy atom. The lowest BCUT2D eigenvalue weighted by atomic mass is 9.85. The number of carbonyl (C=O) groups is 1. The van der Waals surface area contributed by atoms with Crippen LogP contribution >= 0.6 is 0 Å². The third-order valence-electron chi connectivity index (χ3n) is 6.88. The van der Waals surface area contributed by atoms with E-state index < -0.39 is 0 Å². The van der Waals surface area contributed by atoms with Gasteiger partial charge in [0.05, 0.1) is 14.2 Å². The molecule has 1 aliphatic rings. The Balaban J connectivity index is 1.41. The molecule has 0 radical (unpaired) electrons. The summed E-state index contributed by atoms with van der Waals surface area (Å²) in [5, 5.41) is 3.11. The van der Waals surface area contributed by atoms with E-state index in [4.69, 9.17) is 9.47 Å². The van der Waals surface area contributed by atoms with Crippen molar-refractivity contribution in [1.29, 1.82) is 0 Å². The van der Waals surface area contributed by atoms with Crippen LogP contribution in [0.5, 0.6) is 11.5 Å². The normalized spacial score (nSPS) is 17.1. The van der Waals surface area contributed by atoms with Gasteiger partial charge in [-0.2, -0.15) is 0 Å². The van der Waals surface area contributed by atoms with E-state index in [2.05, 4.69) is 53.6 Å². The molecule has 0 spiro atoms. The van der Waals surface area contributed by atoms with Crippen LogP contribution in [0.2, 0.25) is 0 Å². The number of ether oxygens (including phenoxy) is 2. The second kappa shape index (κ2) is 11.2. The number of methoxy groups -OCH3 is 2. The maximum absolute atomic E-state index is 12.7. The van der Waals surface area contributed by atoms with Crippen molar-refractivity contribution in [2.24, 2.45) is 5.92 Å². The maximum Gasteiger partial charge on any atom is 0.243 e. The van der Waals surface area contributed by atoms with Crippen LogP contribution in [0.4, 0.5) is 0 Å². The number of amides is 1. The van der Waals surface area contributed by atoms with Gasteiger partial charge < -0.3 is 14.8 Å². The van der Waals surface area contributed by atoms with Crippen LogP contribution in [0, 0.1) is 5.92 Å². The largest absolute Gasteiger partial charge is 0.497 e. The molecule has 4 rings (SSSR count). The van der Waals surface area contributed by atoms with Gasteiger partial charge in [0.15, 0.2) is 0 Å². The average molecular weight is 471 g/mol. The van der Waals surface area contributed by atoms with Crippen LogP contribution in [0.3, 0.4) is 0 Å². The van der Waals surface area contributed by atoms with E-state index in [1.165, 1.54) is 16.7 Å². The first-order valence-corrected chi connectivity index (χ1v) is 12.2. The fourth-order valence-electron chi connectivity index (χ4n) is 4.88. The molecule has 3 aromatic rings. The molecule has 1 amide bonds. The third kappa shape index (κ3) is 5.91. The van der Waals surface area contributed by atoms with Gasteiger partial charge in [-0.1, -0.05) is 36.4 Å². The molecule has 5 heteroatoms. The highest BCUT2D eigenvalue weighted by atomic mass is 16.5. The number of hydrogen-bond donors (Lipinski definition) is 1. The van der Waals surface area contributed by atoms with Gasteiger partial charge in [0, 0.05) is 23.9 Å². The maximum atomic E-state index is 12.7. The Kier molecular flexibility index (Phi) is 7.86. The van der Waals surface area contributed by atoms with E-state index in [1.807, 2.05) is 36.5 Å². The number of benzene rings is 2. The van der Waals surface area contributed by atoms with Gasteiger partial charge >= 0.3 is 0 Å². The van der Waals surface area contributed by atoms with Gasteiger partial charge in [0.25, 0.3) is 0 Å². The summed E-state index contributed by atoms with van der Waals surface area (Å²) in [5.74, 6) is 1.83. The van der Waals surface area contributed by atoms with Gasteiger partial charge in [-0.25, -0.2) is 0 Å². The van der Waals surface area contributed by atoms with Gasteiger partial charge in [-0.3, -0.25) is 9.78 Å². The summed E-state index contributed by atoms with van der Waals surface area (Å²) in [6.07, 6.45) is 11.3. The number of nitrogens with one attached hydrogen (secondary N) is 1. The highest BCUT2D eigenvalue weighted by Gasteiger charge is 2.55. The molecule has 2 atom stereocenters. The van der Waals surface area contributed by atoms with Gasteiger partial charge in [0.2, 0.25) is 5.91 Å². The van der Waals surface area contributed by atoms with Gasteiger partial charge in [-0.05, 0) is 91.6 Å². The Morgan fingerprint density at radius 1 is 1.09 bits per heavy atom. The first kappa shape index (κ1) is 24.5. The lowest BCUT2D eigenvalue weighted by Gasteiger charge is -2.20. The van der Waals surface area contributed by atoms with Crippen LogP contribution in [0.1, 0.15) is 42.9 Å². The standard InChI is InChI=1S/C30H34N2O3/c1-22(8-4-9-23-10-7-17-31-21-23)32-29(33)16-15-26-20-30(26,24-11-5-13-27(18-24)34-2)25-12-6-14-28(19-25)35-3/h5-7,10-19,21-22,26H,4,8-9,20H2,1-3H3,(H,32,33)/t22-,26-/m0/s1. The van der Waals surface area contributed by atoms with Crippen molar-refractivity contribution in [2.75, 3.05) is 14.2 Å². The summed E-state index contributed by atoms with van der Waals surface area (Å²) in [6, 6.07) is 20.6. The SMILES string of the molecule is COc1cccc(C2(c3cccc(OC)c3)C[C@@H]2C=CC(=O)N[C@@H](C)CCCc2cccnc2)c1. The molecule has 182 valence electrons. The molecule has 0 aliphatic heterocycles. The summed E-state index contributed by atoms with van der Waals surface area (Å²) in [5.41, 5.74) is 3.40. The smallest absolute Gasteiger partial charge is 0.243 e. The zero-order valence-electron chi connectivity index (χ0n) is 20.7. The first-order chi connectivity index (χ1) is 17.0. The minimum atomic E-state index is -0.199. The lowest BCUT2D eigenvalue weighted by Crippen LogP contribution is -2.31. The summed E-state index contributed by atoms with van der Waals surface area (Å²) < 4.78 is 11.0. The molecule has 1 fully saturated rings. The number of carbonyl (C=O) groups excluding carboxylic acids is 1. The number of pyridine rings is 1. The Hall–Kier alpha value is -3.60. The summed E-state index contributed by atoms with van der Waals surface area (Å²) in [4.78, 5) is 16.8. The summed E-state index contributed by atoms with van der Waals surface area (Å²) in [7, 11) is 3.37. The quantitative estimate of drug-likeness (QED) is 0.377. The molecule has 35 heavy (non-hydrogen) atoms. The Morgan fingerprint density at radius 2 is 1.77 bits per heavy atom. The molecule has 5 nitrogen and oxygen atoms in total. The molecule has 0 bridgehead atoms. The van der Waals surface area contributed by atoms with Crippen LogP contribution in [0.15, 0.2) is 85.2 Å². The highest BCUT2D eigenvalue weighted by molar-refractivity contribution is 5.87. The van der Waals surface area contributed by atoms with Crippen molar-refractivity contribution in [3.8, 4) is 11.5 Å². The highest BCUT2D eigenvalue weighted by Crippen LogP contribution is 2.60. The van der Waals surface area contributed by atoms with Crippen LogP contribution in [-0.2, 0) is 16.6 Å². The Labute approximate surface area is 208 Å². The molecular formula is C30H34N2O3. The van der Waals surface area contributed by atoms with Crippen molar-refractivity contribution in [3.05, 3.63) is 102 Å². The fraction of sp³-hybridized carbons (Fsp3) is 0.333. The molecule has 1 heterocycles. The van der Waals surface area contributed by atoms with Crippen LogP contribution in [-0.4, -0.2) is 31.2 Å². The molecule has 0 saturated heterocycles. The number of aryl methyl sites for hydroxylation is 1. The van der Waals surface area contributed by atoms with Crippen molar-refractivity contribution >= 4 is 5.91 Å². The molecule has 1 N–H and O–H groups in total. The monoisotopic (exact) mass is 470 g/mol. The number of aromatic nitrogens is 1. The summed E-state index contributed by atoms with van der Waals surface area (Å²) in [6.45, 7) is 2.06. The fourth-order valence-corrected chi connectivity index (χ4v) is 4.88. The average Bonchev–Trinajstić information content (AvgIpc) is 3.64. The van der Waals surface area contributed by atoms with Crippen molar-refractivity contribution < 1.29 is 14.3 Å². The van der Waals surface area contributed by atoms with E-state index in [9.17, 15) is 4.79 Å². The van der Waals surface area contributed by atoms with Gasteiger partial charge in [0.1, 0.15) is 11.5 Å². The molecule has 0 unspecified atom stereocenters. The van der Waals surface area contributed by atoms with E-state index >= 15 is 0 Å². The second-order valence-electron chi connectivity index (χ2n) is 9.27. The number of allylic oxidation sites excluding steroid dienone is 1. The number of hydrogen-bond acceptors (Lipinski definition) is 4. The van der Waals surface area contributed by atoms with Crippen LogP contribution in [0.25, 0.3) is 0 Å². The minimum absolute atomic E-state index is 0.0454. The van der Waals surface area contributed by atoms with E-state index in [0.717, 1.165) is 37.2 Å². The molecule has 1 saturated carbocycles. The number of rotatable bonds is 11. The van der Waals surface area contributed by atoms with E-state index in [0.29, 0.717) is 0 Å². The third-order valence-corrected chi connectivity index (χ3v) is 6.88. The van der Waals surface area contributed by atoms with E-state index in [-0.39, 0.29) is 23.3 Å². The van der Waals surface area contributed by atoms with E-state index in [1.54, 1.807) is 26.5 Å². The predicted octanol–water partition coefficient (Wildman–Crippen LogP) is 5.49. The zero-order valence-corrected chi connectivity index (χ0v) is 20.7. The lowest BCUT2D eigenvalue weighted by molar-refractivity contribution is -0.117. The minimum Gasteiger partial charge on any atom is -0.497 e. The molecular weight excluding hydrogens is 436 g/mol. The topological polar surface area (TPSA) is 60.5 Å². The van der Waals surface area contributed by atoms with Gasteiger partial charge in [-0.15, -0.1) is 0 Å². The second-order valence-corrected chi connectivity index (χ2v) is 9.27. The molecule has 2 aromatic carbocycles. The van der Waals surface area contributed by atoms with Crippen LogP contribution < -0.4 is 14.8 Å². The molecule has 1 aromatic heterocycles. The summed E-state index contributed by atoms with van der Waals surface area (Å²) >= 11 is 0. The van der Waals surface area contributed by atoms with Crippen molar-refractivity contribution in [3.63, 3.8) is 0 Å². The number of nitrogens with zero attached hydrogens (tertiary/aromatic N) is 1. The molecule has 1 aliphatic carbocycles. The van der Waals surface area contributed by atoms with Crippen molar-refractivity contribution in [1.82, 2.24) is 10.3 Å². The zero-order chi connectivity index (χ0) is 24.7. The van der Waals surface area contributed by atoms with Crippen molar-refractivity contribution in [2.45, 2.75) is 44.1 Å².